The van der Waals surface area contributed by atoms with Gasteiger partial charge in [-0.15, -0.1) is 0 Å². The SMILES string of the molecule is Cc1cc(OCc2cc(C(F)(F)F)c(C3CCCC3)cn2)ccc1CN1CC(C(=O)N(C)C)C1. The number of carbonyl (C=O) groups is 1. The Kier molecular flexibility index (Phi) is 7.17. The molecule has 0 spiro atoms. The number of hydrogen-bond donors (Lipinski definition) is 0. The molecule has 2 fully saturated rings. The molecule has 5 nitrogen and oxygen atoms in total. The van der Waals surface area contributed by atoms with Crippen molar-refractivity contribution in [3.8, 4) is 5.75 Å². The summed E-state index contributed by atoms with van der Waals surface area (Å²) in [6.07, 6.45) is 0.504. The smallest absolute Gasteiger partial charge is 0.416 e. The molecule has 4 rings (SSSR count). The van der Waals surface area contributed by atoms with Crippen LogP contribution < -0.4 is 4.74 Å². The van der Waals surface area contributed by atoms with Crippen LogP contribution in [0.15, 0.2) is 30.5 Å². The minimum Gasteiger partial charge on any atom is -0.487 e. The molecule has 1 saturated carbocycles. The van der Waals surface area contributed by atoms with Gasteiger partial charge >= 0.3 is 6.18 Å². The topological polar surface area (TPSA) is 45.7 Å². The molecule has 1 aliphatic heterocycles. The molecule has 2 aliphatic rings. The highest BCUT2D eigenvalue weighted by Crippen LogP contribution is 2.41. The summed E-state index contributed by atoms with van der Waals surface area (Å²) in [5, 5.41) is 0. The van der Waals surface area contributed by atoms with E-state index in [9.17, 15) is 18.0 Å². The minimum atomic E-state index is -4.40. The number of benzene rings is 1. The zero-order chi connectivity index (χ0) is 24.5. The third-order valence-electron chi connectivity index (χ3n) is 6.93. The maximum atomic E-state index is 13.7. The zero-order valence-electron chi connectivity index (χ0n) is 20.0. The Hall–Kier alpha value is -2.61. The van der Waals surface area contributed by atoms with E-state index < -0.39 is 11.7 Å². The van der Waals surface area contributed by atoms with E-state index in [1.807, 2.05) is 25.1 Å². The normalized spacial score (nSPS) is 17.6. The Morgan fingerprint density at radius 3 is 2.50 bits per heavy atom. The fraction of sp³-hybridized carbons (Fsp3) is 0.538. The van der Waals surface area contributed by atoms with Gasteiger partial charge < -0.3 is 9.64 Å². The number of ether oxygens (including phenoxy) is 1. The molecule has 0 radical (unpaired) electrons. The van der Waals surface area contributed by atoms with Crippen molar-refractivity contribution in [3.05, 3.63) is 58.4 Å². The second-order valence-electron chi connectivity index (χ2n) is 9.74. The van der Waals surface area contributed by atoms with Gasteiger partial charge in [-0.2, -0.15) is 13.2 Å². The average molecular weight is 476 g/mol. The van der Waals surface area contributed by atoms with Gasteiger partial charge in [0.15, 0.2) is 0 Å². The molecule has 1 aromatic carbocycles. The number of nitrogens with zero attached hydrogens (tertiary/aromatic N) is 3. The number of carbonyl (C=O) groups excluding carboxylic acids is 1. The summed E-state index contributed by atoms with van der Waals surface area (Å²) in [6, 6.07) is 6.85. The summed E-state index contributed by atoms with van der Waals surface area (Å²) >= 11 is 0. The summed E-state index contributed by atoms with van der Waals surface area (Å²) in [6.45, 7) is 4.22. The first kappa shape index (κ1) is 24.5. The van der Waals surface area contributed by atoms with Gasteiger partial charge in [0, 0.05) is 39.9 Å². The van der Waals surface area contributed by atoms with Gasteiger partial charge in [0.05, 0.1) is 17.2 Å². The van der Waals surface area contributed by atoms with Crippen LogP contribution in [0.4, 0.5) is 13.2 Å². The van der Waals surface area contributed by atoms with Crippen LogP contribution in [0.1, 0.15) is 59.5 Å². The van der Waals surface area contributed by atoms with Crippen LogP contribution in [0, 0.1) is 12.8 Å². The Balaban J connectivity index is 1.37. The standard InChI is InChI=1S/C26H32F3N3O2/c1-17-10-22(9-8-19(17)13-32-14-20(15-32)25(33)31(2)3)34-16-21-11-24(26(27,28)29)23(12-30-21)18-6-4-5-7-18/h8-12,18,20H,4-7,13-16H2,1-3H3. The number of aromatic nitrogens is 1. The number of likely N-dealkylation sites (tertiary alicyclic amines) is 1. The lowest BCUT2D eigenvalue weighted by Crippen LogP contribution is -2.52. The third kappa shape index (κ3) is 5.54. The lowest BCUT2D eigenvalue weighted by Gasteiger charge is -2.39. The van der Waals surface area contributed by atoms with Crippen molar-refractivity contribution in [1.29, 1.82) is 0 Å². The van der Waals surface area contributed by atoms with Gasteiger partial charge in [-0.05, 0) is 60.6 Å². The van der Waals surface area contributed by atoms with E-state index in [1.54, 1.807) is 19.0 Å². The van der Waals surface area contributed by atoms with Crippen molar-refractivity contribution in [2.45, 2.75) is 57.9 Å². The predicted molar refractivity (Wildman–Crippen MR) is 123 cm³/mol. The second kappa shape index (κ2) is 9.94. The quantitative estimate of drug-likeness (QED) is 0.555. The molecule has 0 N–H and O–H groups in total. The summed E-state index contributed by atoms with van der Waals surface area (Å²) in [4.78, 5) is 20.1. The second-order valence-corrected chi connectivity index (χ2v) is 9.74. The summed E-state index contributed by atoms with van der Waals surface area (Å²) < 4.78 is 46.9. The molecule has 34 heavy (non-hydrogen) atoms. The molecule has 2 aromatic rings. The molecule has 1 saturated heterocycles. The van der Waals surface area contributed by atoms with Crippen molar-refractivity contribution in [2.75, 3.05) is 27.2 Å². The van der Waals surface area contributed by atoms with Crippen LogP contribution in [0.2, 0.25) is 0 Å². The fourth-order valence-corrected chi connectivity index (χ4v) is 4.95. The number of amides is 1. The number of pyridine rings is 1. The van der Waals surface area contributed by atoms with Crippen LogP contribution in [0.5, 0.6) is 5.75 Å². The highest BCUT2D eigenvalue weighted by molar-refractivity contribution is 5.79. The Morgan fingerprint density at radius 1 is 1.18 bits per heavy atom. The number of alkyl halides is 3. The largest absolute Gasteiger partial charge is 0.487 e. The molecule has 0 unspecified atom stereocenters. The lowest BCUT2D eigenvalue weighted by atomic mass is 9.94. The molecule has 8 heteroatoms. The minimum absolute atomic E-state index is 0.0206. The van der Waals surface area contributed by atoms with Gasteiger partial charge in [0.25, 0.3) is 0 Å². The van der Waals surface area contributed by atoms with Crippen LogP contribution in [0.3, 0.4) is 0 Å². The first-order valence-corrected chi connectivity index (χ1v) is 11.8. The summed E-state index contributed by atoms with van der Waals surface area (Å²) in [7, 11) is 3.55. The Bertz CT molecular complexity index is 1030. The number of rotatable bonds is 7. The number of halogens is 3. The molecule has 0 atom stereocenters. The van der Waals surface area contributed by atoms with Gasteiger partial charge in [-0.1, -0.05) is 18.9 Å². The van der Waals surface area contributed by atoms with Crippen LogP contribution >= 0.6 is 0 Å². The van der Waals surface area contributed by atoms with Gasteiger partial charge in [-0.25, -0.2) is 0 Å². The van der Waals surface area contributed by atoms with E-state index in [1.165, 1.54) is 6.20 Å². The number of hydrogen-bond acceptors (Lipinski definition) is 4. The Labute approximate surface area is 198 Å². The molecule has 184 valence electrons. The fourth-order valence-electron chi connectivity index (χ4n) is 4.95. The molecule has 2 heterocycles. The molecule has 1 aliphatic carbocycles. The van der Waals surface area contributed by atoms with E-state index in [0.717, 1.165) is 62.5 Å². The highest BCUT2D eigenvalue weighted by Gasteiger charge is 2.37. The van der Waals surface area contributed by atoms with Crippen molar-refractivity contribution in [3.63, 3.8) is 0 Å². The van der Waals surface area contributed by atoms with Crippen molar-refractivity contribution >= 4 is 5.91 Å². The van der Waals surface area contributed by atoms with Crippen LogP contribution in [0.25, 0.3) is 0 Å². The highest BCUT2D eigenvalue weighted by atomic mass is 19.4. The van der Waals surface area contributed by atoms with Crippen molar-refractivity contribution in [1.82, 2.24) is 14.8 Å². The monoisotopic (exact) mass is 475 g/mol. The maximum absolute atomic E-state index is 13.7. The zero-order valence-corrected chi connectivity index (χ0v) is 20.0. The molecular weight excluding hydrogens is 443 g/mol. The van der Waals surface area contributed by atoms with Crippen molar-refractivity contribution in [2.24, 2.45) is 5.92 Å². The summed E-state index contributed by atoms with van der Waals surface area (Å²) in [5.41, 5.74) is 2.18. The molecular formula is C26H32F3N3O2. The molecule has 0 bridgehead atoms. The van der Waals surface area contributed by atoms with E-state index in [-0.39, 0.29) is 30.0 Å². The third-order valence-corrected chi connectivity index (χ3v) is 6.93. The van der Waals surface area contributed by atoms with Crippen LogP contribution in [-0.2, 0) is 24.1 Å². The molecule has 1 amide bonds. The van der Waals surface area contributed by atoms with Crippen LogP contribution in [-0.4, -0.2) is 47.9 Å². The lowest BCUT2D eigenvalue weighted by molar-refractivity contribution is -0.139. The number of aryl methyl sites for hydroxylation is 1. The summed E-state index contributed by atoms with van der Waals surface area (Å²) in [5.74, 6) is 0.764. The van der Waals surface area contributed by atoms with E-state index in [2.05, 4.69) is 9.88 Å². The Morgan fingerprint density at radius 2 is 1.88 bits per heavy atom. The first-order valence-electron chi connectivity index (χ1n) is 11.8. The van der Waals surface area contributed by atoms with Gasteiger partial charge in [0.1, 0.15) is 12.4 Å². The van der Waals surface area contributed by atoms with Gasteiger partial charge in [0.2, 0.25) is 5.91 Å². The van der Waals surface area contributed by atoms with Gasteiger partial charge in [-0.3, -0.25) is 14.7 Å². The van der Waals surface area contributed by atoms with E-state index in [4.69, 9.17) is 4.74 Å². The first-order chi connectivity index (χ1) is 16.1. The van der Waals surface area contributed by atoms with E-state index in [0.29, 0.717) is 11.3 Å². The molecule has 1 aromatic heterocycles. The maximum Gasteiger partial charge on any atom is 0.416 e. The predicted octanol–water partition coefficient (Wildman–Crippen LogP) is 5.17. The average Bonchev–Trinajstić information content (AvgIpc) is 3.29. The van der Waals surface area contributed by atoms with E-state index >= 15 is 0 Å². The van der Waals surface area contributed by atoms with Crippen molar-refractivity contribution < 1.29 is 22.7 Å².